The van der Waals surface area contributed by atoms with E-state index in [-0.39, 0.29) is 5.91 Å². The van der Waals surface area contributed by atoms with Gasteiger partial charge in [0.25, 0.3) is 5.91 Å². The average Bonchev–Trinajstić information content (AvgIpc) is 2.71. The van der Waals surface area contributed by atoms with Crippen LogP contribution in [-0.4, -0.2) is 31.2 Å². The number of nitrogens with one attached hydrogen (secondary N) is 1. The number of hydrogen-bond donors (Lipinski definition) is 1. The van der Waals surface area contributed by atoms with Crippen LogP contribution in [0.4, 0.5) is 0 Å². The number of esters is 1. The van der Waals surface area contributed by atoms with Crippen LogP contribution in [0.1, 0.15) is 23.6 Å². The van der Waals surface area contributed by atoms with Gasteiger partial charge in [-0.2, -0.15) is 0 Å². The smallest absolute Gasteiger partial charge is 0.331 e. The molecule has 6 nitrogen and oxygen atoms in total. The summed E-state index contributed by atoms with van der Waals surface area (Å²) in [7, 11) is 0. The van der Waals surface area contributed by atoms with Crippen LogP contribution in [-0.2, 0) is 20.9 Å². The second-order valence-electron chi connectivity index (χ2n) is 6.52. The highest BCUT2D eigenvalue weighted by atomic mass is 16.6. The fourth-order valence-corrected chi connectivity index (χ4v) is 2.63. The molecule has 1 atom stereocenters. The molecule has 2 aromatic carbocycles. The highest BCUT2D eigenvalue weighted by Crippen LogP contribution is 2.31. The van der Waals surface area contributed by atoms with E-state index < -0.39 is 12.1 Å². The first-order chi connectivity index (χ1) is 13.5. The first kappa shape index (κ1) is 19.5. The fraction of sp³-hybridized carbons (Fsp3) is 0.273. The summed E-state index contributed by atoms with van der Waals surface area (Å²) in [5, 5.41) is 2.76. The number of rotatable bonds is 6. The first-order valence-corrected chi connectivity index (χ1v) is 9.13. The third-order valence-corrected chi connectivity index (χ3v) is 4.23. The van der Waals surface area contributed by atoms with Crippen molar-refractivity contribution in [3.05, 3.63) is 65.2 Å². The van der Waals surface area contributed by atoms with E-state index in [0.29, 0.717) is 31.3 Å². The number of hydrogen-bond acceptors (Lipinski definition) is 5. The summed E-state index contributed by atoms with van der Waals surface area (Å²) in [5.74, 6) is 0.394. The standard InChI is InChI=1S/C22H23NO5/c1-15-3-5-18(6-4-15)14-23-22(25)16(2)28-21(24)10-8-17-7-9-19-20(13-17)27-12-11-26-19/h3-10,13,16H,11-12,14H2,1-2H3,(H,23,25)/b10-8+/t16-/m0/s1. The molecule has 146 valence electrons. The maximum Gasteiger partial charge on any atom is 0.331 e. The van der Waals surface area contributed by atoms with Gasteiger partial charge in [-0.1, -0.05) is 35.9 Å². The summed E-state index contributed by atoms with van der Waals surface area (Å²) >= 11 is 0. The maximum atomic E-state index is 12.1. The van der Waals surface area contributed by atoms with Gasteiger partial charge in [0.05, 0.1) is 0 Å². The quantitative estimate of drug-likeness (QED) is 0.615. The topological polar surface area (TPSA) is 73.9 Å². The Morgan fingerprint density at radius 1 is 1.11 bits per heavy atom. The maximum absolute atomic E-state index is 12.1. The van der Waals surface area contributed by atoms with Crippen LogP contribution >= 0.6 is 0 Å². The summed E-state index contributed by atoms with van der Waals surface area (Å²) in [5.41, 5.74) is 2.91. The molecule has 0 radical (unpaired) electrons. The van der Waals surface area contributed by atoms with Gasteiger partial charge < -0.3 is 19.5 Å². The Bertz CT molecular complexity index is 873. The van der Waals surface area contributed by atoms with Crippen LogP contribution in [0.2, 0.25) is 0 Å². The summed E-state index contributed by atoms with van der Waals surface area (Å²) in [6.07, 6.45) is 2.01. The van der Waals surface area contributed by atoms with Gasteiger partial charge in [0.2, 0.25) is 0 Å². The molecule has 1 heterocycles. The summed E-state index contributed by atoms with van der Waals surface area (Å²) in [4.78, 5) is 24.1. The minimum Gasteiger partial charge on any atom is -0.486 e. The lowest BCUT2D eigenvalue weighted by Gasteiger charge is -2.18. The Labute approximate surface area is 164 Å². The van der Waals surface area contributed by atoms with E-state index in [0.717, 1.165) is 16.7 Å². The Balaban J connectivity index is 1.48. The molecular weight excluding hydrogens is 358 g/mol. The fourth-order valence-electron chi connectivity index (χ4n) is 2.63. The van der Waals surface area contributed by atoms with E-state index in [2.05, 4.69) is 5.32 Å². The third-order valence-electron chi connectivity index (χ3n) is 4.23. The van der Waals surface area contributed by atoms with Crippen molar-refractivity contribution in [1.82, 2.24) is 5.32 Å². The molecule has 6 heteroatoms. The van der Waals surface area contributed by atoms with Crippen molar-refractivity contribution < 1.29 is 23.8 Å². The van der Waals surface area contributed by atoms with Crippen LogP contribution in [0.5, 0.6) is 11.5 Å². The minimum absolute atomic E-state index is 0.346. The number of aryl methyl sites for hydroxylation is 1. The van der Waals surface area contributed by atoms with Crippen molar-refractivity contribution in [2.24, 2.45) is 0 Å². The van der Waals surface area contributed by atoms with E-state index >= 15 is 0 Å². The van der Waals surface area contributed by atoms with Gasteiger partial charge in [0, 0.05) is 12.6 Å². The van der Waals surface area contributed by atoms with Gasteiger partial charge in [0.1, 0.15) is 13.2 Å². The van der Waals surface area contributed by atoms with Crippen LogP contribution in [0.25, 0.3) is 6.08 Å². The van der Waals surface area contributed by atoms with Crippen molar-refractivity contribution in [3.8, 4) is 11.5 Å². The van der Waals surface area contributed by atoms with Gasteiger partial charge in [0.15, 0.2) is 17.6 Å². The molecule has 1 aliphatic rings. The van der Waals surface area contributed by atoms with E-state index in [1.54, 1.807) is 25.1 Å². The molecule has 0 bridgehead atoms. The number of amides is 1. The first-order valence-electron chi connectivity index (χ1n) is 9.13. The highest BCUT2D eigenvalue weighted by Gasteiger charge is 2.16. The predicted molar refractivity (Wildman–Crippen MR) is 105 cm³/mol. The lowest BCUT2D eigenvalue weighted by molar-refractivity contribution is -0.150. The molecule has 1 aliphatic heterocycles. The third kappa shape index (κ3) is 5.36. The zero-order valence-electron chi connectivity index (χ0n) is 15.9. The molecule has 0 spiro atoms. The molecule has 2 aromatic rings. The normalized spacial score (nSPS) is 13.8. The molecular formula is C22H23NO5. The zero-order chi connectivity index (χ0) is 19.9. The van der Waals surface area contributed by atoms with Gasteiger partial charge in [-0.25, -0.2) is 4.79 Å². The van der Waals surface area contributed by atoms with E-state index in [9.17, 15) is 9.59 Å². The molecule has 1 N–H and O–H groups in total. The Morgan fingerprint density at radius 2 is 1.82 bits per heavy atom. The van der Waals surface area contributed by atoms with Crippen molar-refractivity contribution in [1.29, 1.82) is 0 Å². The second-order valence-corrected chi connectivity index (χ2v) is 6.52. The minimum atomic E-state index is -0.886. The Kier molecular flexibility index (Phi) is 6.32. The second kappa shape index (κ2) is 9.08. The van der Waals surface area contributed by atoms with Crippen molar-refractivity contribution in [2.75, 3.05) is 13.2 Å². The van der Waals surface area contributed by atoms with Crippen LogP contribution in [0, 0.1) is 6.92 Å². The van der Waals surface area contributed by atoms with Gasteiger partial charge in [-0.05, 0) is 43.2 Å². The average molecular weight is 381 g/mol. The summed E-state index contributed by atoms with van der Waals surface area (Å²) in [6, 6.07) is 13.2. The largest absolute Gasteiger partial charge is 0.486 e. The van der Waals surface area contributed by atoms with E-state index in [1.165, 1.54) is 6.08 Å². The van der Waals surface area contributed by atoms with Crippen LogP contribution in [0.3, 0.4) is 0 Å². The van der Waals surface area contributed by atoms with Crippen LogP contribution < -0.4 is 14.8 Å². The lowest BCUT2D eigenvalue weighted by atomic mass is 10.1. The molecule has 0 saturated carbocycles. The number of carbonyl (C=O) groups excluding carboxylic acids is 2. The lowest BCUT2D eigenvalue weighted by Crippen LogP contribution is -2.35. The van der Waals surface area contributed by atoms with Crippen LogP contribution in [0.15, 0.2) is 48.5 Å². The van der Waals surface area contributed by atoms with Gasteiger partial charge in [-0.3, -0.25) is 4.79 Å². The molecule has 0 fully saturated rings. The van der Waals surface area contributed by atoms with Crippen molar-refractivity contribution >= 4 is 18.0 Å². The Hall–Kier alpha value is -3.28. The van der Waals surface area contributed by atoms with Crippen molar-refractivity contribution in [3.63, 3.8) is 0 Å². The number of ether oxygens (including phenoxy) is 3. The summed E-state index contributed by atoms with van der Waals surface area (Å²) < 4.78 is 16.1. The number of fused-ring (bicyclic) bond motifs is 1. The molecule has 0 saturated heterocycles. The summed E-state index contributed by atoms with van der Waals surface area (Å²) in [6.45, 7) is 4.95. The zero-order valence-corrected chi connectivity index (χ0v) is 15.9. The highest BCUT2D eigenvalue weighted by molar-refractivity contribution is 5.90. The van der Waals surface area contributed by atoms with Gasteiger partial charge in [-0.15, -0.1) is 0 Å². The van der Waals surface area contributed by atoms with E-state index in [1.807, 2.05) is 37.3 Å². The molecule has 1 amide bonds. The van der Waals surface area contributed by atoms with Gasteiger partial charge >= 0.3 is 5.97 Å². The molecule has 3 rings (SSSR count). The Morgan fingerprint density at radius 3 is 2.57 bits per heavy atom. The predicted octanol–water partition coefficient (Wildman–Crippen LogP) is 3.03. The molecule has 0 unspecified atom stereocenters. The number of benzene rings is 2. The van der Waals surface area contributed by atoms with E-state index in [4.69, 9.17) is 14.2 Å². The SMILES string of the molecule is Cc1ccc(CNC(=O)[C@H](C)OC(=O)/C=C/c2ccc3c(c2)OCCO3)cc1. The molecule has 0 aromatic heterocycles. The molecule has 0 aliphatic carbocycles. The van der Waals surface area contributed by atoms with Crippen molar-refractivity contribution in [2.45, 2.75) is 26.5 Å². The molecule has 28 heavy (non-hydrogen) atoms. The number of carbonyl (C=O) groups is 2. The monoisotopic (exact) mass is 381 g/mol.